The summed E-state index contributed by atoms with van der Waals surface area (Å²) >= 11 is 0. The Balaban J connectivity index is 0.00000392. The van der Waals surface area contributed by atoms with Crippen LogP contribution in [-0.4, -0.2) is 45.4 Å². The first-order chi connectivity index (χ1) is 12.8. The van der Waals surface area contributed by atoms with Crippen LogP contribution in [0, 0.1) is 6.92 Å². The maximum absolute atomic E-state index is 13.2. The maximum Gasteiger partial charge on any atom is 0.264 e. The molecule has 1 unspecified atom stereocenters. The van der Waals surface area contributed by atoms with Crippen LogP contribution in [0.2, 0.25) is 0 Å². The minimum atomic E-state index is -3.78. The average molecular weight is 426 g/mol. The Morgan fingerprint density at radius 1 is 1.07 bits per heavy atom. The van der Waals surface area contributed by atoms with Crippen molar-refractivity contribution in [3.05, 3.63) is 60.2 Å². The van der Waals surface area contributed by atoms with Crippen molar-refractivity contribution in [3.8, 4) is 0 Å². The SMILES string of the molecule is Cc1ccc(N(CCC(=O)N(C)C(C)CN)S(=O)(=O)c2ccccc2)cc1.Cl. The van der Waals surface area contributed by atoms with Crippen molar-refractivity contribution < 1.29 is 13.2 Å². The average Bonchev–Trinajstić information content (AvgIpc) is 2.68. The quantitative estimate of drug-likeness (QED) is 0.704. The Kier molecular flexibility index (Phi) is 8.94. The molecule has 0 heterocycles. The highest BCUT2D eigenvalue weighted by atomic mass is 35.5. The predicted octanol–water partition coefficient (Wildman–Crippen LogP) is 2.81. The van der Waals surface area contributed by atoms with Crippen LogP contribution >= 0.6 is 12.4 Å². The number of hydrogen-bond acceptors (Lipinski definition) is 4. The second-order valence-corrected chi connectivity index (χ2v) is 8.43. The van der Waals surface area contributed by atoms with Crippen molar-refractivity contribution in [2.45, 2.75) is 31.2 Å². The van der Waals surface area contributed by atoms with Crippen molar-refractivity contribution in [2.24, 2.45) is 5.73 Å². The molecule has 0 bridgehead atoms. The molecule has 8 heteroatoms. The van der Waals surface area contributed by atoms with Gasteiger partial charge in [-0.05, 0) is 38.1 Å². The van der Waals surface area contributed by atoms with Crippen molar-refractivity contribution in [2.75, 3.05) is 24.4 Å². The summed E-state index contributed by atoms with van der Waals surface area (Å²) in [7, 11) is -2.09. The van der Waals surface area contributed by atoms with Gasteiger partial charge in [0.1, 0.15) is 0 Å². The summed E-state index contributed by atoms with van der Waals surface area (Å²) in [6, 6.07) is 15.4. The fraction of sp³-hybridized carbons (Fsp3) is 0.350. The summed E-state index contributed by atoms with van der Waals surface area (Å²) in [6.07, 6.45) is 0.0702. The smallest absolute Gasteiger partial charge is 0.264 e. The number of aryl methyl sites for hydroxylation is 1. The van der Waals surface area contributed by atoms with Crippen LogP contribution < -0.4 is 10.0 Å². The van der Waals surface area contributed by atoms with Gasteiger partial charge in [-0.3, -0.25) is 9.10 Å². The van der Waals surface area contributed by atoms with E-state index in [1.807, 2.05) is 26.0 Å². The zero-order chi connectivity index (χ0) is 20.0. The summed E-state index contributed by atoms with van der Waals surface area (Å²) in [5.41, 5.74) is 7.18. The monoisotopic (exact) mass is 425 g/mol. The molecule has 0 spiro atoms. The number of halogens is 1. The molecule has 28 heavy (non-hydrogen) atoms. The summed E-state index contributed by atoms with van der Waals surface area (Å²) < 4.78 is 27.6. The van der Waals surface area contributed by atoms with Gasteiger partial charge in [0.25, 0.3) is 10.0 Å². The van der Waals surface area contributed by atoms with Gasteiger partial charge < -0.3 is 10.6 Å². The fourth-order valence-electron chi connectivity index (χ4n) is 2.60. The van der Waals surface area contributed by atoms with Crippen LogP contribution in [0.15, 0.2) is 59.5 Å². The van der Waals surface area contributed by atoms with Gasteiger partial charge in [-0.1, -0.05) is 35.9 Å². The van der Waals surface area contributed by atoms with E-state index >= 15 is 0 Å². The van der Waals surface area contributed by atoms with E-state index in [0.717, 1.165) is 5.56 Å². The first kappa shape index (κ1) is 23.9. The zero-order valence-corrected chi connectivity index (χ0v) is 18.0. The molecule has 0 aromatic heterocycles. The first-order valence-corrected chi connectivity index (χ1v) is 10.3. The minimum absolute atomic E-state index is 0. The minimum Gasteiger partial charge on any atom is -0.342 e. The lowest BCUT2D eigenvalue weighted by molar-refractivity contribution is -0.131. The number of rotatable bonds is 8. The lowest BCUT2D eigenvalue weighted by atomic mass is 10.2. The highest BCUT2D eigenvalue weighted by Gasteiger charge is 2.26. The van der Waals surface area contributed by atoms with Gasteiger partial charge in [0.2, 0.25) is 5.91 Å². The Morgan fingerprint density at radius 3 is 2.18 bits per heavy atom. The van der Waals surface area contributed by atoms with Crippen LogP contribution in [0.1, 0.15) is 18.9 Å². The molecule has 1 atom stereocenters. The second kappa shape index (κ2) is 10.5. The molecule has 154 valence electrons. The zero-order valence-electron chi connectivity index (χ0n) is 16.4. The van der Waals surface area contributed by atoms with Gasteiger partial charge >= 0.3 is 0 Å². The highest BCUT2D eigenvalue weighted by Crippen LogP contribution is 2.24. The molecule has 2 N–H and O–H groups in total. The molecule has 2 aromatic carbocycles. The molecule has 0 aliphatic heterocycles. The number of benzene rings is 2. The van der Waals surface area contributed by atoms with Gasteiger partial charge in [0.05, 0.1) is 10.6 Å². The van der Waals surface area contributed by atoms with Gasteiger partial charge in [-0.25, -0.2) is 8.42 Å². The number of sulfonamides is 1. The van der Waals surface area contributed by atoms with E-state index in [9.17, 15) is 13.2 Å². The topological polar surface area (TPSA) is 83.7 Å². The van der Waals surface area contributed by atoms with Crippen LogP contribution in [0.3, 0.4) is 0 Å². The lowest BCUT2D eigenvalue weighted by Gasteiger charge is -2.27. The molecule has 2 aromatic rings. The van der Waals surface area contributed by atoms with E-state index in [4.69, 9.17) is 5.73 Å². The predicted molar refractivity (Wildman–Crippen MR) is 115 cm³/mol. The van der Waals surface area contributed by atoms with Gasteiger partial charge in [0.15, 0.2) is 0 Å². The number of nitrogens with two attached hydrogens (primary N) is 1. The molecular formula is C20H28ClN3O3S. The van der Waals surface area contributed by atoms with Crippen LogP contribution in [-0.2, 0) is 14.8 Å². The molecule has 1 amide bonds. The number of amides is 1. The van der Waals surface area contributed by atoms with Gasteiger partial charge in [0, 0.05) is 32.6 Å². The standard InChI is InChI=1S/C20H27N3O3S.ClH/c1-16-9-11-18(12-10-16)23(14-13-20(24)22(3)17(2)15-21)27(25,26)19-7-5-4-6-8-19;/h4-12,17H,13-15,21H2,1-3H3;1H. The number of carbonyl (C=O) groups excluding carboxylic acids is 1. The number of anilines is 1. The van der Waals surface area contributed by atoms with Crippen molar-refractivity contribution in [1.82, 2.24) is 4.90 Å². The molecule has 0 saturated carbocycles. The summed E-state index contributed by atoms with van der Waals surface area (Å²) in [5.74, 6) is -0.145. The number of likely N-dealkylation sites (N-methyl/N-ethyl adjacent to an activating group) is 1. The van der Waals surface area contributed by atoms with E-state index in [1.54, 1.807) is 54.4 Å². The third-order valence-corrected chi connectivity index (χ3v) is 6.42. The summed E-state index contributed by atoms with van der Waals surface area (Å²) in [4.78, 5) is 14.2. The van der Waals surface area contributed by atoms with Crippen molar-refractivity contribution in [3.63, 3.8) is 0 Å². The van der Waals surface area contributed by atoms with E-state index in [2.05, 4.69) is 0 Å². The molecule has 0 saturated heterocycles. The van der Waals surface area contributed by atoms with Gasteiger partial charge in [-0.15, -0.1) is 12.4 Å². The normalized spacial score (nSPS) is 12.0. The van der Waals surface area contributed by atoms with E-state index in [-0.39, 0.29) is 42.2 Å². The van der Waals surface area contributed by atoms with Crippen molar-refractivity contribution in [1.29, 1.82) is 0 Å². The molecule has 6 nitrogen and oxygen atoms in total. The number of nitrogens with zero attached hydrogens (tertiary/aromatic N) is 2. The molecule has 0 fully saturated rings. The molecule has 0 aliphatic carbocycles. The van der Waals surface area contributed by atoms with Crippen LogP contribution in [0.4, 0.5) is 5.69 Å². The van der Waals surface area contributed by atoms with Crippen molar-refractivity contribution >= 4 is 34.0 Å². The molecule has 2 rings (SSSR count). The van der Waals surface area contributed by atoms with E-state index in [1.165, 1.54) is 4.31 Å². The van der Waals surface area contributed by atoms with E-state index < -0.39 is 10.0 Å². The Labute approximate surface area is 173 Å². The van der Waals surface area contributed by atoms with E-state index in [0.29, 0.717) is 12.2 Å². The highest BCUT2D eigenvalue weighted by molar-refractivity contribution is 7.92. The Bertz CT molecular complexity index is 858. The van der Waals surface area contributed by atoms with Crippen LogP contribution in [0.5, 0.6) is 0 Å². The Morgan fingerprint density at radius 2 is 1.64 bits per heavy atom. The third kappa shape index (κ3) is 5.70. The largest absolute Gasteiger partial charge is 0.342 e. The first-order valence-electron chi connectivity index (χ1n) is 8.87. The Hall–Kier alpha value is -2.09. The second-order valence-electron chi connectivity index (χ2n) is 6.57. The summed E-state index contributed by atoms with van der Waals surface area (Å²) in [5, 5.41) is 0. The van der Waals surface area contributed by atoms with Crippen LogP contribution in [0.25, 0.3) is 0 Å². The molecule has 0 radical (unpaired) electrons. The third-order valence-electron chi connectivity index (χ3n) is 4.58. The number of carbonyl (C=O) groups is 1. The summed E-state index contributed by atoms with van der Waals surface area (Å²) in [6.45, 7) is 4.20. The number of hydrogen-bond donors (Lipinski definition) is 1. The maximum atomic E-state index is 13.2. The molecular weight excluding hydrogens is 398 g/mol. The van der Waals surface area contributed by atoms with Gasteiger partial charge in [-0.2, -0.15) is 0 Å². The molecule has 0 aliphatic rings. The lowest BCUT2D eigenvalue weighted by Crippen LogP contribution is -2.42. The fourth-order valence-corrected chi connectivity index (χ4v) is 4.08.